The minimum Gasteiger partial charge on any atom is -0.285 e. The molecule has 0 aromatic carbocycles. The molecule has 7 heavy (non-hydrogen) atoms. The van der Waals surface area contributed by atoms with E-state index in [0.29, 0.717) is 13.0 Å². The molecule has 1 saturated heterocycles. The van der Waals surface area contributed by atoms with Crippen LogP contribution in [0.25, 0.3) is 0 Å². The second-order valence-corrected chi connectivity index (χ2v) is 1.66. The van der Waals surface area contributed by atoms with Gasteiger partial charge in [0.25, 0.3) is 0 Å². The number of alkyl halides is 2. The molecule has 0 bridgehead atoms. The highest BCUT2D eigenvalue weighted by Crippen LogP contribution is 2.10. The molecule has 1 heterocycles. The van der Waals surface area contributed by atoms with E-state index in [0.717, 1.165) is 0 Å². The van der Waals surface area contributed by atoms with Crippen molar-refractivity contribution in [2.24, 2.45) is 0 Å². The molecule has 2 unspecified atom stereocenters. The highest BCUT2D eigenvalue weighted by molar-refractivity contribution is 4.74. The smallest absolute Gasteiger partial charge is 0.182 e. The Morgan fingerprint density at radius 3 is 2.29 bits per heavy atom. The van der Waals surface area contributed by atoms with Crippen molar-refractivity contribution >= 4 is 0 Å². The molecule has 1 rings (SSSR count). The molecular weight excluding hydrogens is 100 g/mol. The number of nitrogens with one attached hydrogen (secondary N) is 1. The Morgan fingerprint density at radius 1 is 1.43 bits per heavy atom. The van der Waals surface area contributed by atoms with E-state index in [1.54, 1.807) is 0 Å². The van der Waals surface area contributed by atoms with Crippen molar-refractivity contribution in [1.29, 1.82) is 0 Å². The fourth-order valence-corrected chi connectivity index (χ4v) is 0.633. The standard InChI is InChI=1S/C4H7F2N/c5-3-1-2-7-4(3)6/h3-4,7H,1-2H2. The summed E-state index contributed by atoms with van der Waals surface area (Å²) < 4.78 is 23.7. The summed E-state index contributed by atoms with van der Waals surface area (Å²) in [6.07, 6.45) is -2.35. The van der Waals surface area contributed by atoms with E-state index in [4.69, 9.17) is 0 Å². The van der Waals surface area contributed by atoms with Gasteiger partial charge >= 0.3 is 0 Å². The summed E-state index contributed by atoms with van der Waals surface area (Å²) in [6.45, 7) is 0.475. The zero-order chi connectivity index (χ0) is 5.28. The molecule has 1 fully saturated rings. The highest BCUT2D eigenvalue weighted by Gasteiger charge is 2.24. The Hall–Kier alpha value is -0.180. The first-order valence-electron chi connectivity index (χ1n) is 2.32. The average Bonchev–Trinajstić information content (AvgIpc) is 1.91. The van der Waals surface area contributed by atoms with Gasteiger partial charge in [-0.3, -0.25) is 5.32 Å². The van der Waals surface area contributed by atoms with Crippen LogP contribution in [0, 0.1) is 0 Å². The lowest BCUT2D eigenvalue weighted by Gasteiger charge is -1.97. The predicted octanol–water partition coefficient (Wildman–Crippen LogP) is 0.613. The van der Waals surface area contributed by atoms with Crippen molar-refractivity contribution in [3.63, 3.8) is 0 Å². The molecule has 0 aromatic rings. The first kappa shape index (κ1) is 4.97. The van der Waals surface area contributed by atoms with Crippen LogP contribution in [0.15, 0.2) is 0 Å². The van der Waals surface area contributed by atoms with Crippen molar-refractivity contribution in [1.82, 2.24) is 5.32 Å². The van der Waals surface area contributed by atoms with E-state index in [-0.39, 0.29) is 0 Å². The molecule has 0 aromatic heterocycles. The maximum Gasteiger partial charge on any atom is 0.182 e. The van der Waals surface area contributed by atoms with Crippen LogP contribution >= 0.6 is 0 Å². The maximum absolute atomic E-state index is 11.9. The van der Waals surface area contributed by atoms with E-state index >= 15 is 0 Å². The normalized spacial score (nSPS) is 42.0. The van der Waals surface area contributed by atoms with Crippen LogP contribution in [0.1, 0.15) is 6.42 Å². The van der Waals surface area contributed by atoms with Gasteiger partial charge in [-0.1, -0.05) is 0 Å². The van der Waals surface area contributed by atoms with Gasteiger partial charge in [0, 0.05) is 6.54 Å². The summed E-state index contributed by atoms with van der Waals surface area (Å²) >= 11 is 0. The predicted molar refractivity (Wildman–Crippen MR) is 22.4 cm³/mol. The molecule has 0 aliphatic carbocycles. The van der Waals surface area contributed by atoms with Gasteiger partial charge in [-0.15, -0.1) is 0 Å². The van der Waals surface area contributed by atoms with Gasteiger partial charge in [0.1, 0.15) is 6.17 Å². The number of halogens is 2. The van der Waals surface area contributed by atoms with E-state index in [9.17, 15) is 8.78 Å². The Balaban J connectivity index is 2.33. The summed E-state index contributed by atoms with van der Waals surface area (Å²) in [5, 5.41) is 2.33. The van der Waals surface area contributed by atoms with Gasteiger partial charge in [0.15, 0.2) is 6.30 Å². The Labute approximate surface area is 40.7 Å². The van der Waals surface area contributed by atoms with Gasteiger partial charge in [-0.25, -0.2) is 8.78 Å². The topological polar surface area (TPSA) is 12.0 Å². The molecular formula is C4H7F2N. The molecule has 0 radical (unpaired) electrons. The minimum atomic E-state index is -1.40. The molecule has 42 valence electrons. The highest BCUT2D eigenvalue weighted by atomic mass is 19.2. The van der Waals surface area contributed by atoms with E-state index in [2.05, 4.69) is 5.32 Å². The largest absolute Gasteiger partial charge is 0.285 e. The fraction of sp³-hybridized carbons (Fsp3) is 1.00. The van der Waals surface area contributed by atoms with Crippen molar-refractivity contribution in [3.05, 3.63) is 0 Å². The third-order valence-corrected chi connectivity index (χ3v) is 1.08. The van der Waals surface area contributed by atoms with Crippen molar-refractivity contribution in [3.8, 4) is 0 Å². The number of rotatable bonds is 0. The van der Waals surface area contributed by atoms with Crippen LogP contribution in [0.2, 0.25) is 0 Å². The molecule has 0 amide bonds. The first-order chi connectivity index (χ1) is 3.30. The van der Waals surface area contributed by atoms with Crippen LogP contribution in [-0.2, 0) is 0 Å². The fourth-order valence-electron chi connectivity index (χ4n) is 0.633. The van der Waals surface area contributed by atoms with E-state index in [1.807, 2.05) is 0 Å². The minimum absolute atomic E-state index is 0.321. The number of hydrogen-bond donors (Lipinski definition) is 1. The van der Waals surface area contributed by atoms with Crippen LogP contribution < -0.4 is 5.32 Å². The second kappa shape index (κ2) is 1.74. The SMILES string of the molecule is FC1CCNC1F. The van der Waals surface area contributed by atoms with Gasteiger partial charge in [-0.2, -0.15) is 0 Å². The van der Waals surface area contributed by atoms with Gasteiger partial charge in [0.05, 0.1) is 0 Å². The summed E-state index contributed by atoms with van der Waals surface area (Å²) in [6, 6.07) is 0. The Kier molecular flexibility index (Phi) is 1.23. The molecule has 1 nitrogen and oxygen atoms in total. The maximum atomic E-state index is 11.9. The lowest BCUT2D eigenvalue weighted by molar-refractivity contribution is 0.182. The van der Waals surface area contributed by atoms with E-state index < -0.39 is 12.5 Å². The Bertz CT molecular complexity index is 58.7. The molecule has 1 aliphatic rings. The zero-order valence-corrected chi connectivity index (χ0v) is 3.82. The van der Waals surface area contributed by atoms with Crippen LogP contribution in [-0.4, -0.2) is 19.0 Å². The van der Waals surface area contributed by atoms with Gasteiger partial charge in [-0.05, 0) is 6.42 Å². The number of hydrogen-bond acceptors (Lipinski definition) is 1. The average molecular weight is 107 g/mol. The molecule has 1 N–H and O–H groups in total. The molecule has 1 aliphatic heterocycles. The van der Waals surface area contributed by atoms with E-state index in [1.165, 1.54) is 0 Å². The molecule has 0 saturated carbocycles. The van der Waals surface area contributed by atoms with Crippen LogP contribution in [0.3, 0.4) is 0 Å². The molecule has 0 spiro atoms. The quantitative estimate of drug-likeness (QED) is 0.447. The monoisotopic (exact) mass is 107 g/mol. The van der Waals surface area contributed by atoms with Gasteiger partial charge in [0.2, 0.25) is 0 Å². The third kappa shape index (κ3) is 0.881. The lowest BCUT2D eigenvalue weighted by Crippen LogP contribution is -2.21. The molecule has 2 atom stereocenters. The van der Waals surface area contributed by atoms with Crippen LogP contribution in [0.4, 0.5) is 8.78 Å². The summed E-state index contributed by atoms with van der Waals surface area (Å²) in [4.78, 5) is 0. The Morgan fingerprint density at radius 2 is 2.14 bits per heavy atom. The van der Waals surface area contributed by atoms with Crippen molar-refractivity contribution in [2.75, 3.05) is 6.54 Å². The summed E-state index contributed by atoms with van der Waals surface area (Å²) in [7, 11) is 0. The lowest BCUT2D eigenvalue weighted by atomic mass is 10.3. The summed E-state index contributed by atoms with van der Waals surface area (Å²) in [5.74, 6) is 0. The van der Waals surface area contributed by atoms with Crippen LogP contribution in [0.5, 0.6) is 0 Å². The van der Waals surface area contributed by atoms with Crippen molar-refractivity contribution in [2.45, 2.75) is 18.9 Å². The first-order valence-corrected chi connectivity index (χ1v) is 2.32. The van der Waals surface area contributed by atoms with Crippen molar-refractivity contribution < 1.29 is 8.78 Å². The third-order valence-electron chi connectivity index (χ3n) is 1.08. The molecule has 3 heteroatoms. The summed E-state index contributed by atoms with van der Waals surface area (Å²) in [5.41, 5.74) is 0. The van der Waals surface area contributed by atoms with Gasteiger partial charge < -0.3 is 0 Å². The second-order valence-electron chi connectivity index (χ2n) is 1.66. The zero-order valence-electron chi connectivity index (χ0n) is 3.82.